The molecule has 0 aromatic heterocycles. The van der Waals surface area contributed by atoms with E-state index in [4.69, 9.17) is 4.74 Å². The maximum Gasteiger partial charge on any atom is 0.325 e. The summed E-state index contributed by atoms with van der Waals surface area (Å²) in [7, 11) is 1.62. The first-order chi connectivity index (χ1) is 12.9. The van der Waals surface area contributed by atoms with Crippen molar-refractivity contribution in [1.29, 1.82) is 0 Å². The van der Waals surface area contributed by atoms with Gasteiger partial charge in [0.15, 0.2) is 12.2 Å². The van der Waals surface area contributed by atoms with Crippen molar-refractivity contribution in [1.82, 2.24) is 20.5 Å². The summed E-state index contributed by atoms with van der Waals surface area (Å²) in [5.74, 6) is 0.906. The first-order valence-electron chi connectivity index (χ1n) is 8.88. The molecule has 144 valence electrons. The Labute approximate surface area is 158 Å². The van der Waals surface area contributed by atoms with Crippen LogP contribution in [0, 0.1) is 0 Å². The molecule has 27 heavy (non-hydrogen) atoms. The van der Waals surface area contributed by atoms with E-state index in [0.29, 0.717) is 12.6 Å². The van der Waals surface area contributed by atoms with Crippen LogP contribution in [0.1, 0.15) is 26.3 Å². The third kappa shape index (κ3) is 3.71. The Hall–Kier alpha value is -3.10. The second kappa shape index (κ2) is 7.65. The lowest BCUT2D eigenvalue weighted by Crippen LogP contribution is -2.65. The van der Waals surface area contributed by atoms with Crippen molar-refractivity contribution in [3.8, 4) is 5.75 Å². The maximum absolute atomic E-state index is 12.3. The number of carbonyl (C=O) groups excluding carboxylic acids is 2. The maximum atomic E-state index is 12.3. The topological polar surface area (TPSA) is 98.6 Å². The van der Waals surface area contributed by atoms with Crippen LogP contribution in [0.4, 0.5) is 4.79 Å². The zero-order chi connectivity index (χ0) is 19.6. The standard InChI is InChI=1S/C18H24N6O3/c1-5-27-13-8-6-12(7-9-13)10-19-22-17-20-15-14(24(17)11(2)3)16(25)21-18(26)23(15)4/h6-11,14-15H,5H2,1-4H3,(H,20,22)(H,21,25,26)/b19-10+. The fraction of sp³-hybridized carbons (Fsp3) is 0.444. The molecule has 0 radical (unpaired) electrons. The average Bonchev–Trinajstić information content (AvgIpc) is 3.02. The van der Waals surface area contributed by atoms with Crippen molar-refractivity contribution in [3.05, 3.63) is 29.8 Å². The van der Waals surface area contributed by atoms with Gasteiger partial charge in [0.1, 0.15) is 5.75 Å². The molecule has 0 aliphatic carbocycles. The van der Waals surface area contributed by atoms with E-state index in [1.165, 1.54) is 4.90 Å². The fourth-order valence-corrected chi connectivity index (χ4v) is 3.12. The molecule has 3 amide bonds. The predicted molar refractivity (Wildman–Crippen MR) is 102 cm³/mol. The van der Waals surface area contributed by atoms with E-state index in [1.807, 2.05) is 49.9 Å². The van der Waals surface area contributed by atoms with Gasteiger partial charge in [-0.05, 0) is 50.6 Å². The van der Waals surface area contributed by atoms with Crippen LogP contribution in [-0.2, 0) is 4.79 Å². The van der Waals surface area contributed by atoms with Gasteiger partial charge in [-0.1, -0.05) is 0 Å². The van der Waals surface area contributed by atoms with Gasteiger partial charge in [-0.15, -0.1) is 0 Å². The van der Waals surface area contributed by atoms with E-state index in [1.54, 1.807) is 13.3 Å². The number of fused-ring (bicyclic) bond motifs is 1. The van der Waals surface area contributed by atoms with Gasteiger partial charge in [0.2, 0.25) is 5.96 Å². The molecule has 1 aromatic rings. The number of urea groups is 1. The first kappa shape index (κ1) is 18.7. The zero-order valence-corrected chi connectivity index (χ0v) is 15.8. The van der Waals surface area contributed by atoms with Gasteiger partial charge < -0.3 is 14.5 Å². The molecular weight excluding hydrogens is 348 g/mol. The molecule has 1 fully saturated rings. The van der Waals surface area contributed by atoms with Crippen molar-refractivity contribution in [2.75, 3.05) is 13.7 Å². The van der Waals surface area contributed by atoms with Crippen LogP contribution >= 0.6 is 0 Å². The van der Waals surface area contributed by atoms with Crippen LogP contribution in [0.3, 0.4) is 0 Å². The summed E-state index contributed by atoms with van der Waals surface area (Å²) in [6, 6.07) is 6.51. The Balaban J connectivity index is 1.74. The molecule has 2 atom stereocenters. The Morgan fingerprint density at radius 2 is 2.04 bits per heavy atom. The molecule has 3 rings (SSSR count). The van der Waals surface area contributed by atoms with Crippen LogP contribution in [0.2, 0.25) is 0 Å². The molecule has 2 unspecified atom stereocenters. The van der Waals surface area contributed by atoms with Gasteiger partial charge in [0, 0.05) is 13.1 Å². The Bertz CT molecular complexity index is 774. The number of nitrogens with zero attached hydrogens (tertiary/aromatic N) is 4. The van der Waals surface area contributed by atoms with Crippen molar-refractivity contribution >= 4 is 24.1 Å². The largest absolute Gasteiger partial charge is 0.494 e. The molecule has 1 saturated heterocycles. The van der Waals surface area contributed by atoms with E-state index in [9.17, 15) is 9.59 Å². The average molecular weight is 372 g/mol. The number of amides is 3. The lowest BCUT2D eigenvalue weighted by Gasteiger charge is -2.37. The van der Waals surface area contributed by atoms with Gasteiger partial charge in [-0.2, -0.15) is 5.10 Å². The summed E-state index contributed by atoms with van der Waals surface area (Å²) < 4.78 is 5.41. The molecule has 2 aliphatic heterocycles. The summed E-state index contributed by atoms with van der Waals surface area (Å²) in [6.45, 7) is 6.47. The van der Waals surface area contributed by atoms with E-state index in [0.717, 1.165) is 11.3 Å². The summed E-state index contributed by atoms with van der Waals surface area (Å²) in [5, 5.41) is 6.59. The number of guanidine groups is 1. The van der Waals surface area contributed by atoms with E-state index in [-0.39, 0.29) is 11.9 Å². The Morgan fingerprint density at radius 1 is 1.33 bits per heavy atom. The van der Waals surface area contributed by atoms with Gasteiger partial charge in [-0.25, -0.2) is 15.2 Å². The zero-order valence-electron chi connectivity index (χ0n) is 15.8. The van der Waals surface area contributed by atoms with Crippen molar-refractivity contribution in [3.63, 3.8) is 0 Å². The van der Waals surface area contributed by atoms with Crippen molar-refractivity contribution < 1.29 is 14.3 Å². The number of carbonyl (C=O) groups is 2. The molecule has 0 spiro atoms. The smallest absolute Gasteiger partial charge is 0.325 e. The molecule has 9 nitrogen and oxygen atoms in total. The molecule has 9 heteroatoms. The van der Waals surface area contributed by atoms with Crippen LogP contribution < -0.4 is 15.5 Å². The Morgan fingerprint density at radius 3 is 2.67 bits per heavy atom. The minimum atomic E-state index is -0.573. The quantitative estimate of drug-likeness (QED) is 0.593. The molecular formula is C18H24N6O3. The lowest BCUT2D eigenvalue weighted by molar-refractivity contribution is -0.127. The third-order valence-corrected chi connectivity index (χ3v) is 4.42. The second-order valence-electron chi connectivity index (χ2n) is 6.59. The van der Waals surface area contributed by atoms with E-state index < -0.39 is 18.2 Å². The SMILES string of the molecule is CCOc1ccc(/C=N/NC2=NC3C(C(=O)NC(=O)N3C)N2C(C)C)cc1. The van der Waals surface area contributed by atoms with Crippen LogP contribution in [0.25, 0.3) is 0 Å². The number of imide groups is 1. The highest BCUT2D eigenvalue weighted by Gasteiger charge is 2.49. The molecule has 2 N–H and O–H groups in total. The number of ether oxygens (including phenoxy) is 1. The summed E-state index contributed by atoms with van der Waals surface area (Å²) in [6.07, 6.45) is 1.09. The number of rotatable bonds is 5. The van der Waals surface area contributed by atoms with Gasteiger partial charge in [0.05, 0.1) is 12.8 Å². The van der Waals surface area contributed by atoms with Crippen LogP contribution in [-0.4, -0.2) is 65.8 Å². The van der Waals surface area contributed by atoms with Gasteiger partial charge in [0.25, 0.3) is 5.91 Å². The third-order valence-electron chi connectivity index (χ3n) is 4.42. The molecule has 0 saturated carbocycles. The number of hydrogen-bond acceptors (Lipinski definition) is 7. The minimum absolute atomic E-state index is 0.000668. The number of nitrogens with one attached hydrogen (secondary N) is 2. The van der Waals surface area contributed by atoms with Crippen molar-refractivity contribution in [2.45, 2.75) is 39.0 Å². The van der Waals surface area contributed by atoms with Crippen LogP contribution in [0.5, 0.6) is 5.75 Å². The number of hydrazone groups is 1. The lowest BCUT2D eigenvalue weighted by atomic mass is 10.1. The number of hydrogen-bond donors (Lipinski definition) is 2. The highest BCUT2D eigenvalue weighted by molar-refractivity contribution is 6.03. The Kier molecular flexibility index (Phi) is 5.29. The second-order valence-corrected chi connectivity index (χ2v) is 6.59. The molecule has 2 heterocycles. The first-order valence-corrected chi connectivity index (χ1v) is 8.88. The molecule has 0 bridgehead atoms. The van der Waals surface area contributed by atoms with E-state index >= 15 is 0 Å². The van der Waals surface area contributed by atoms with E-state index in [2.05, 4.69) is 20.8 Å². The molecule has 2 aliphatic rings. The monoisotopic (exact) mass is 372 g/mol. The minimum Gasteiger partial charge on any atom is -0.494 e. The van der Waals surface area contributed by atoms with Crippen LogP contribution in [0.15, 0.2) is 34.4 Å². The normalized spacial score (nSPS) is 22.2. The fourth-order valence-electron chi connectivity index (χ4n) is 3.12. The summed E-state index contributed by atoms with van der Waals surface area (Å²) in [4.78, 5) is 31.9. The number of benzene rings is 1. The van der Waals surface area contributed by atoms with Gasteiger partial charge in [-0.3, -0.25) is 10.1 Å². The predicted octanol–water partition coefficient (Wildman–Crippen LogP) is 0.965. The number of likely N-dealkylation sites (N-methyl/N-ethyl adjacent to an activating group) is 1. The summed E-state index contributed by atoms with van der Waals surface area (Å²) >= 11 is 0. The van der Waals surface area contributed by atoms with Gasteiger partial charge >= 0.3 is 6.03 Å². The molecule has 1 aromatic carbocycles. The van der Waals surface area contributed by atoms with Crippen molar-refractivity contribution in [2.24, 2.45) is 10.1 Å². The number of aliphatic imine (C=N–C) groups is 1. The summed E-state index contributed by atoms with van der Waals surface area (Å²) in [5.41, 5.74) is 3.80. The highest BCUT2D eigenvalue weighted by Crippen LogP contribution is 2.25. The highest BCUT2D eigenvalue weighted by atomic mass is 16.5.